The van der Waals surface area contributed by atoms with Crippen molar-refractivity contribution in [1.29, 1.82) is 0 Å². The van der Waals surface area contributed by atoms with Gasteiger partial charge in [0.2, 0.25) is 5.79 Å². The molecule has 14 heavy (non-hydrogen) atoms. The van der Waals surface area contributed by atoms with E-state index in [1.807, 2.05) is 25.1 Å². The van der Waals surface area contributed by atoms with Crippen LogP contribution in [0, 0.1) is 6.92 Å². The van der Waals surface area contributed by atoms with E-state index in [1.54, 1.807) is 6.92 Å². The lowest BCUT2D eigenvalue weighted by Gasteiger charge is -2.25. The number of benzene rings is 1. The molecule has 1 aromatic carbocycles. The van der Waals surface area contributed by atoms with E-state index >= 15 is 0 Å². The van der Waals surface area contributed by atoms with Gasteiger partial charge in [0.15, 0.2) is 0 Å². The molecule has 0 aromatic heterocycles. The summed E-state index contributed by atoms with van der Waals surface area (Å²) >= 11 is 0. The summed E-state index contributed by atoms with van der Waals surface area (Å²) < 4.78 is 10.7. The Morgan fingerprint density at radius 2 is 2.21 bits per heavy atom. The molecular formula is C11H14O3. The van der Waals surface area contributed by atoms with Crippen molar-refractivity contribution in [2.75, 3.05) is 7.11 Å². The lowest BCUT2D eigenvalue weighted by molar-refractivity contribution is -0.196. The van der Waals surface area contributed by atoms with E-state index in [-0.39, 0.29) is 0 Å². The molecule has 1 heterocycles. The number of aliphatic hydroxyl groups is 1. The molecule has 2 atom stereocenters. The molecule has 0 saturated carbocycles. The Bertz CT molecular complexity index is 362. The molecule has 0 radical (unpaired) electrons. The summed E-state index contributed by atoms with van der Waals surface area (Å²) in [5.74, 6) is -0.247. The van der Waals surface area contributed by atoms with Gasteiger partial charge in [-0.2, -0.15) is 0 Å². The van der Waals surface area contributed by atoms with Gasteiger partial charge in [-0.05, 0) is 19.1 Å². The van der Waals surface area contributed by atoms with Gasteiger partial charge in [0.1, 0.15) is 11.9 Å². The fraction of sp³-hybridized carbons (Fsp3) is 0.455. The van der Waals surface area contributed by atoms with Gasteiger partial charge in [-0.15, -0.1) is 0 Å². The third-order valence-corrected chi connectivity index (χ3v) is 2.67. The Hall–Kier alpha value is -1.06. The number of aliphatic hydroxyl groups excluding tert-OH is 1. The van der Waals surface area contributed by atoms with Crippen LogP contribution in [0.25, 0.3) is 0 Å². The SMILES string of the molecule is COC1(C)Oc2ccc(C)cc2C1O. The molecule has 1 N–H and O–H groups in total. The van der Waals surface area contributed by atoms with Crippen LogP contribution in [0.15, 0.2) is 18.2 Å². The largest absolute Gasteiger partial charge is 0.459 e. The van der Waals surface area contributed by atoms with E-state index in [0.29, 0.717) is 5.75 Å². The normalized spacial score (nSPS) is 29.9. The second kappa shape index (κ2) is 2.97. The Balaban J connectivity index is 2.46. The van der Waals surface area contributed by atoms with Crippen molar-refractivity contribution in [3.63, 3.8) is 0 Å². The lowest BCUT2D eigenvalue weighted by atomic mass is 10.0. The quantitative estimate of drug-likeness (QED) is 0.740. The van der Waals surface area contributed by atoms with Crippen molar-refractivity contribution in [3.05, 3.63) is 29.3 Å². The average Bonchev–Trinajstić information content (AvgIpc) is 2.42. The Morgan fingerprint density at radius 1 is 1.50 bits per heavy atom. The van der Waals surface area contributed by atoms with Crippen molar-refractivity contribution in [2.24, 2.45) is 0 Å². The lowest BCUT2D eigenvalue weighted by Crippen LogP contribution is -2.36. The van der Waals surface area contributed by atoms with Crippen LogP contribution in [0.4, 0.5) is 0 Å². The first kappa shape index (κ1) is 9.49. The Labute approximate surface area is 83.3 Å². The van der Waals surface area contributed by atoms with Crippen LogP contribution in [0.1, 0.15) is 24.2 Å². The van der Waals surface area contributed by atoms with Crippen LogP contribution in [-0.4, -0.2) is 18.0 Å². The monoisotopic (exact) mass is 194 g/mol. The molecule has 0 amide bonds. The summed E-state index contributed by atoms with van der Waals surface area (Å²) in [5, 5.41) is 9.97. The zero-order valence-corrected chi connectivity index (χ0v) is 8.57. The molecular weight excluding hydrogens is 180 g/mol. The van der Waals surface area contributed by atoms with E-state index in [1.165, 1.54) is 7.11 Å². The first-order valence-corrected chi connectivity index (χ1v) is 4.59. The van der Waals surface area contributed by atoms with E-state index in [4.69, 9.17) is 9.47 Å². The molecule has 1 aromatic rings. The van der Waals surface area contributed by atoms with Gasteiger partial charge < -0.3 is 14.6 Å². The van der Waals surface area contributed by atoms with Crippen molar-refractivity contribution in [1.82, 2.24) is 0 Å². The minimum Gasteiger partial charge on any atom is -0.459 e. The maximum Gasteiger partial charge on any atom is 0.238 e. The van der Waals surface area contributed by atoms with E-state index in [2.05, 4.69) is 0 Å². The second-order valence-electron chi connectivity index (χ2n) is 3.77. The van der Waals surface area contributed by atoms with Gasteiger partial charge in [0.25, 0.3) is 0 Å². The molecule has 76 valence electrons. The standard InChI is InChI=1S/C11H14O3/c1-7-4-5-9-8(6-7)10(12)11(2,13-3)14-9/h4-6,10,12H,1-3H3. The summed E-state index contributed by atoms with van der Waals surface area (Å²) in [7, 11) is 1.53. The average molecular weight is 194 g/mol. The molecule has 1 aliphatic rings. The van der Waals surface area contributed by atoms with E-state index in [0.717, 1.165) is 11.1 Å². The highest BCUT2D eigenvalue weighted by molar-refractivity contribution is 5.42. The number of ether oxygens (including phenoxy) is 2. The highest BCUT2D eigenvalue weighted by atomic mass is 16.7. The molecule has 3 nitrogen and oxygen atoms in total. The number of hydrogen-bond acceptors (Lipinski definition) is 3. The van der Waals surface area contributed by atoms with Crippen molar-refractivity contribution in [3.8, 4) is 5.75 Å². The van der Waals surface area contributed by atoms with Gasteiger partial charge in [-0.3, -0.25) is 0 Å². The summed E-state index contributed by atoms with van der Waals surface area (Å²) in [6.07, 6.45) is -0.720. The third-order valence-electron chi connectivity index (χ3n) is 2.67. The molecule has 0 spiro atoms. The molecule has 2 rings (SSSR count). The minimum absolute atomic E-state index is 0.701. The molecule has 0 saturated heterocycles. The van der Waals surface area contributed by atoms with Crippen molar-refractivity contribution in [2.45, 2.75) is 25.7 Å². The van der Waals surface area contributed by atoms with Crippen LogP contribution in [-0.2, 0) is 4.74 Å². The Morgan fingerprint density at radius 3 is 2.86 bits per heavy atom. The topological polar surface area (TPSA) is 38.7 Å². The fourth-order valence-corrected chi connectivity index (χ4v) is 1.68. The number of methoxy groups -OCH3 is 1. The summed E-state index contributed by atoms with van der Waals surface area (Å²) in [5.41, 5.74) is 1.90. The van der Waals surface area contributed by atoms with Gasteiger partial charge in [0.05, 0.1) is 0 Å². The maximum atomic E-state index is 9.97. The minimum atomic E-state index is -0.948. The zero-order valence-electron chi connectivity index (χ0n) is 8.57. The molecule has 1 aliphatic heterocycles. The van der Waals surface area contributed by atoms with Crippen LogP contribution in [0.2, 0.25) is 0 Å². The highest BCUT2D eigenvalue weighted by Gasteiger charge is 2.44. The molecule has 0 aliphatic carbocycles. The number of aryl methyl sites for hydroxylation is 1. The van der Waals surface area contributed by atoms with Gasteiger partial charge in [0, 0.05) is 19.6 Å². The smallest absolute Gasteiger partial charge is 0.238 e. The molecule has 2 unspecified atom stereocenters. The van der Waals surface area contributed by atoms with Crippen LogP contribution < -0.4 is 4.74 Å². The van der Waals surface area contributed by atoms with Gasteiger partial charge in [-0.1, -0.05) is 11.6 Å². The fourth-order valence-electron chi connectivity index (χ4n) is 1.68. The predicted molar refractivity (Wildman–Crippen MR) is 52.2 cm³/mol. The first-order valence-electron chi connectivity index (χ1n) is 4.59. The molecule has 3 heteroatoms. The van der Waals surface area contributed by atoms with Gasteiger partial charge >= 0.3 is 0 Å². The van der Waals surface area contributed by atoms with E-state index in [9.17, 15) is 5.11 Å². The second-order valence-corrected chi connectivity index (χ2v) is 3.77. The number of hydrogen-bond donors (Lipinski definition) is 1. The van der Waals surface area contributed by atoms with Crippen molar-refractivity contribution >= 4 is 0 Å². The molecule has 0 fully saturated rings. The third kappa shape index (κ3) is 1.21. The number of rotatable bonds is 1. The van der Waals surface area contributed by atoms with Crippen LogP contribution >= 0.6 is 0 Å². The van der Waals surface area contributed by atoms with Gasteiger partial charge in [-0.25, -0.2) is 0 Å². The van der Waals surface area contributed by atoms with E-state index < -0.39 is 11.9 Å². The van der Waals surface area contributed by atoms with Crippen LogP contribution in [0.3, 0.4) is 0 Å². The summed E-state index contributed by atoms with van der Waals surface area (Å²) in [4.78, 5) is 0. The Kier molecular flexibility index (Phi) is 2.01. The molecule has 0 bridgehead atoms. The number of fused-ring (bicyclic) bond motifs is 1. The summed E-state index contributed by atoms with van der Waals surface area (Å²) in [6, 6.07) is 5.73. The summed E-state index contributed by atoms with van der Waals surface area (Å²) in [6.45, 7) is 3.71. The zero-order chi connectivity index (χ0) is 10.3. The first-order chi connectivity index (χ1) is 6.57. The van der Waals surface area contributed by atoms with Crippen LogP contribution in [0.5, 0.6) is 5.75 Å². The predicted octanol–water partition coefficient (Wildman–Crippen LogP) is 1.78. The highest BCUT2D eigenvalue weighted by Crippen LogP contribution is 2.43. The maximum absolute atomic E-state index is 9.97. The van der Waals surface area contributed by atoms with Crippen molar-refractivity contribution < 1.29 is 14.6 Å².